The number of carboxylic acids is 2. The highest BCUT2D eigenvalue weighted by Gasteiger charge is 2.49. The Kier molecular flexibility index (Phi) is 17.9. The summed E-state index contributed by atoms with van der Waals surface area (Å²) in [6.07, 6.45) is 0.600. The summed E-state index contributed by atoms with van der Waals surface area (Å²) >= 11 is 0. The molecule has 14 nitrogen and oxygen atoms in total. The maximum Gasteiger partial charge on any atom is 0.573 e. The van der Waals surface area contributed by atoms with Crippen molar-refractivity contribution in [1.82, 2.24) is 14.8 Å². The number of nitrogens with zero attached hydrogens (tertiary/aromatic N) is 5. The minimum atomic E-state index is -4.81. The molecule has 2 amide bonds. The number of aliphatic carboxylic acids is 2. The number of hydrogen-bond acceptors (Lipinski definition) is 10. The molecular formula is C60H61F6N5O9. The lowest BCUT2D eigenvalue weighted by atomic mass is 9.81. The van der Waals surface area contributed by atoms with Gasteiger partial charge in [0.05, 0.1) is 12.7 Å². The molecule has 5 aromatic carbocycles. The maximum atomic E-state index is 13.9. The first kappa shape index (κ1) is 57.0. The number of alkyl halides is 6. The summed E-state index contributed by atoms with van der Waals surface area (Å²) in [6, 6.07) is 35.4. The van der Waals surface area contributed by atoms with Crippen molar-refractivity contribution in [1.29, 1.82) is 0 Å². The number of carbonyl (C=O) groups excluding carboxylic acids is 2. The number of rotatable bonds is 19. The molecule has 10 rings (SSSR count). The second-order valence-electron chi connectivity index (χ2n) is 20.5. The van der Waals surface area contributed by atoms with Gasteiger partial charge in [0.2, 0.25) is 5.89 Å². The van der Waals surface area contributed by atoms with E-state index >= 15 is 0 Å². The van der Waals surface area contributed by atoms with Gasteiger partial charge in [-0.05, 0) is 147 Å². The number of hydrogen-bond donors (Lipinski definition) is 2. The molecule has 422 valence electrons. The van der Waals surface area contributed by atoms with Gasteiger partial charge in [-0.25, -0.2) is 4.98 Å². The third-order valence-electron chi connectivity index (χ3n) is 15.5. The predicted molar refractivity (Wildman–Crippen MR) is 283 cm³/mol. The zero-order valence-corrected chi connectivity index (χ0v) is 43.6. The summed E-state index contributed by atoms with van der Waals surface area (Å²) in [6.45, 7) is 2.27. The highest BCUT2D eigenvalue weighted by atomic mass is 19.4. The number of para-hydroxylation sites is 2. The number of carboxylic acid groups (broad SMARTS) is 2. The zero-order chi connectivity index (χ0) is 56.6. The Bertz CT molecular complexity index is 3050. The summed E-state index contributed by atoms with van der Waals surface area (Å²) in [5.41, 5.74) is 5.25. The SMILES string of the molecule is O=C(O)CCCN(CCc1ccccc1)C1c2ccccc2N(C(=O)c2ccc(OC(F)(F)F)cc2)C2CCCC12.O=C(O)CCCN(Cc1ncco1)C1c2ccccc2N(C(=O)c2ccc(OC(F)(F)F)cc2)C2CCCC12. The number of aromatic nitrogens is 1. The Morgan fingerprint density at radius 2 is 1.02 bits per heavy atom. The molecule has 2 aliphatic heterocycles. The van der Waals surface area contributed by atoms with Crippen LogP contribution in [0.5, 0.6) is 11.5 Å². The Hall–Kier alpha value is -7.71. The minimum Gasteiger partial charge on any atom is -0.481 e. The minimum absolute atomic E-state index is 0.0165. The predicted octanol–water partition coefficient (Wildman–Crippen LogP) is 12.7. The maximum absolute atomic E-state index is 13.9. The molecule has 3 heterocycles. The first-order valence-electron chi connectivity index (χ1n) is 26.8. The Balaban J connectivity index is 0.000000194. The van der Waals surface area contributed by atoms with E-state index in [0.29, 0.717) is 43.9 Å². The van der Waals surface area contributed by atoms with Gasteiger partial charge in [0.1, 0.15) is 17.8 Å². The highest BCUT2D eigenvalue weighted by molar-refractivity contribution is 6.08. The van der Waals surface area contributed by atoms with Gasteiger partial charge in [-0.1, -0.05) is 79.6 Å². The summed E-state index contributed by atoms with van der Waals surface area (Å²) in [4.78, 5) is 62.8. The van der Waals surface area contributed by atoms with Crippen molar-refractivity contribution in [2.24, 2.45) is 11.8 Å². The normalized spacial score (nSPS) is 20.2. The number of amides is 2. The quantitative estimate of drug-likeness (QED) is 0.0738. The molecule has 2 saturated carbocycles. The first-order chi connectivity index (χ1) is 38.4. The van der Waals surface area contributed by atoms with Crippen LogP contribution in [0.1, 0.15) is 120 Å². The fraction of sp³-hybridized carbons (Fsp3) is 0.383. The van der Waals surface area contributed by atoms with Crippen molar-refractivity contribution in [2.45, 2.75) is 114 Å². The molecule has 1 aromatic heterocycles. The lowest BCUT2D eigenvalue weighted by Gasteiger charge is -2.48. The second kappa shape index (κ2) is 25.2. The third kappa shape index (κ3) is 13.8. The lowest BCUT2D eigenvalue weighted by Crippen LogP contribution is -2.51. The van der Waals surface area contributed by atoms with E-state index in [1.54, 1.807) is 11.1 Å². The molecule has 4 aliphatic rings. The van der Waals surface area contributed by atoms with Crippen LogP contribution in [0.4, 0.5) is 37.7 Å². The van der Waals surface area contributed by atoms with Crippen LogP contribution in [-0.4, -0.2) is 93.2 Å². The fourth-order valence-electron chi connectivity index (χ4n) is 12.4. The van der Waals surface area contributed by atoms with Gasteiger partial charge in [0.15, 0.2) is 0 Å². The van der Waals surface area contributed by atoms with Gasteiger partial charge in [0, 0.05) is 66.1 Å². The average Bonchev–Trinajstić information content (AvgIpc) is 4.33. The van der Waals surface area contributed by atoms with Crippen LogP contribution >= 0.6 is 0 Å². The Morgan fingerprint density at radius 3 is 1.48 bits per heavy atom. The molecule has 0 saturated heterocycles. The van der Waals surface area contributed by atoms with Crippen LogP contribution in [-0.2, 0) is 22.6 Å². The van der Waals surface area contributed by atoms with Gasteiger partial charge in [-0.15, -0.1) is 26.3 Å². The van der Waals surface area contributed by atoms with Crippen LogP contribution in [0.2, 0.25) is 0 Å². The van der Waals surface area contributed by atoms with Crippen molar-refractivity contribution >= 4 is 35.1 Å². The molecule has 0 bridgehead atoms. The average molecular weight is 1110 g/mol. The molecule has 2 fully saturated rings. The lowest BCUT2D eigenvalue weighted by molar-refractivity contribution is -0.275. The summed E-state index contributed by atoms with van der Waals surface area (Å²) < 4.78 is 89.2. The summed E-state index contributed by atoms with van der Waals surface area (Å²) in [5.74, 6) is -2.26. The van der Waals surface area contributed by atoms with Gasteiger partial charge in [-0.2, -0.15) is 0 Å². The van der Waals surface area contributed by atoms with E-state index in [1.165, 1.54) is 48.2 Å². The fourth-order valence-corrected chi connectivity index (χ4v) is 12.4. The van der Waals surface area contributed by atoms with E-state index in [-0.39, 0.29) is 77.7 Å². The Labute approximate surface area is 458 Å². The third-order valence-corrected chi connectivity index (χ3v) is 15.5. The second-order valence-corrected chi connectivity index (χ2v) is 20.5. The zero-order valence-electron chi connectivity index (χ0n) is 43.6. The van der Waals surface area contributed by atoms with Gasteiger partial charge < -0.3 is 33.9 Å². The van der Waals surface area contributed by atoms with E-state index in [1.807, 2.05) is 71.6 Å². The molecule has 2 aliphatic carbocycles. The molecule has 20 heteroatoms. The number of halogens is 6. The van der Waals surface area contributed by atoms with Crippen molar-refractivity contribution in [3.05, 3.63) is 174 Å². The number of anilines is 2. The van der Waals surface area contributed by atoms with Gasteiger partial charge in [-0.3, -0.25) is 29.0 Å². The smallest absolute Gasteiger partial charge is 0.481 e. The summed E-state index contributed by atoms with van der Waals surface area (Å²) in [7, 11) is 0. The van der Waals surface area contributed by atoms with Crippen LogP contribution in [0, 0.1) is 11.8 Å². The molecule has 0 radical (unpaired) electrons. The van der Waals surface area contributed by atoms with Crippen LogP contribution in [0.15, 0.2) is 144 Å². The number of ether oxygens (including phenoxy) is 2. The van der Waals surface area contributed by atoms with Crippen molar-refractivity contribution in [3.8, 4) is 11.5 Å². The number of fused-ring (bicyclic) bond motifs is 4. The largest absolute Gasteiger partial charge is 0.573 e. The molecule has 6 aromatic rings. The standard InChI is InChI=1S/C32H33F3N2O4.C28H28F3N3O5/c33-32(34,35)41-24-17-15-23(16-18-24)31(40)37-27-12-5-4-10-25(27)30(26-11-6-13-28(26)37)36(20-7-14-29(38)39)21-19-22-8-2-1-3-9-22;29-28(30,31)39-19-12-10-18(11-13-19)27(37)34-22-7-2-1-5-20(22)26(21-6-3-8-23(21)34)33(15-4-9-25(35)36)17-24-32-14-16-38-24/h1-5,8-10,12,15-18,26,28,30H,6-7,11,13-14,19-21H2,(H,38,39);1-2,5,7,10-14,16,21,23,26H,3-4,6,8-9,15,17H2,(H,35,36). The van der Waals surface area contributed by atoms with Gasteiger partial charge in [0.25, 0.3) is 11.8 Å². The number of oxazole rings is 1. The van der Waals surface area contributed by atoms with E-state index in [0.717, 1.165) is 86.1 Å². The van der Waals surface area contributed by atoms with Crippen LogP contribution < -0.4 is 19.3 Å². The molecular weight excluding hydrogens is 1050 g/mol. The van der Waals surface area contributed by atoms with Crippen molar-refractivity contribution in [2.75, 3.05) is 29.4 Å². The monoisotopic (exact) mass is 1110 g/mol. The topological polar surface area (TPSA) is 166 Å². The van der Waals surface area contributed by atoms with E-state index in [4.69, 9.17) is 4.42 Å². The van der Waals surface area contributed by atoms with Gasteiger partial charge >= 0.3 is 24.7 Å². The number of benzene rings is 5. The molecule has 0 spiro atoms. The van der Waals surface area contributed by atoms with Crippen molar-refractivity contribution in [3.63, 3.8) is 0 Å². The Morgan fingerprint density at radius 1 is 0.575 bits per heavy atom. The summed E-state index contributed by atoms with van der Waals surface area (Å²) in [5, 5.41) is 18.5. The molecule has 2 N–H and O–H groups in total. The van der Waals surface area contributed by atoms with E-state index in [9.17, 15) is 55.7 Å². The van der Waals surface area contributed by atoms with Crippen molar-refractivity contribution < 1.29 is 69.6 Å². The van der Waals surface area contributed by atoms with E-state index in [2.05, 4.69) is 36.4 Å². The van der Waals surface area contributed by atoms with Crippen LogP contribution in [0.3, 0.4) is 0 Å². The number of carbonyl (C=O) groups is 4. The molecule has 80 heavy (non-hydrogen) atoms. The van der Waals surface area contributed by atoms with E-state index < -0.39 is 24.7 Å². The molecule has 6 atom stereocenters. The molecule has 6 unspecified atom stereocenters. The van der Waals surface area contributed by atoms with Crippen LogP contribution in [0.25, 0.3) is 0 Å². The highest BCUT2D eigenvalue weighted by Crippen LogP contribution is 2.52. The first-order valence-corrected chi connectivity index (χ1v) is 26.8.